The summed E-state index contributed by atoms with van der Waals surface area (Å²) in [7, 11) is 1.71. The minimum atomic E-state index is -1.08. The molecule has 0 rings (SSSR count). The molecular formula is C19H35N3O5. The summed E-state index contributed by atoms with van der Waals surface area (Å²) in [6, 6.07) is -0.700. The molecule has 0 bridgehead atoms. The fraction of sp³-hybridized carbons (Fsp3) is 0.737. The Hall–Kier alpha value is -2.25. The SMILES string of the molecule is C=CCCCCN(C)C(=O)[C@H](CCCCNC(=O)O)NC(=O)OC(C)(C)C. The fourth-order valence-electron chi connectivity index (χ4n) is 2.39. The average Bonchev–Trinajstić information content (AvgIpc) is 2.54. The highest BCUT2D eigenvalue weighted by molar-refractivity contribution is 5.85. The van der Waals surface area contributed by atoms with E-state index in [9.17, 15) is 14.4 Å². The van der Waals surface area contributed by atoms with Crippen LogP contribution in [0.4, 0.5) is 9.59 Å². The normalized spacial score (nSPS) is 12.0. The molecule has 0 fully saturated rings. The van der Waals surface area contributed by atoms with Crippen LogP contribution in [-0.2, 0) is 9.53 Å². The number of carbonyl (C=O) groups excluding carboxylic acids is 2. The van der Waals surface area contributed by atoms with Crippen molar-refractivity contribution in [3.05, 3.63) is 12.7 Å². The molecule has 3 amide bonds. The highest BCUT2D eigenvalue weighted by Gasteiger charge is 2.26. The number of carboxylic acid groups (broad SMARTS) is 1. The Morgan fingerprint density at radius 1 is 1.19 bits per heavy atom. The van der Waals surface area contributed by atoms with Gasteiger partial charge >= 0.3 is 12.2 Å². The molecule has 8 heteroatoms. The smallest absolute Gasteiger partial charge is 0.408 e. The largest absolute Gasteiger partial charge is 0.465 e. The minimum Gasteiger partial charge on any atom is -0.465 e. The van der Waals surface area contributed by atoms with Gasteiger partial charge in [0.2, 0.25) is 5.91 Å². The van der Waals surface area contributed by atoms with Crippen LogP contribution in [-0.4, -0.2) is 59.9 Å². The van der Waals surface area contributed by atoms with Crippen molar-refractivity contribution < 1.29 is 24.2 Å². The van der Waals surface area contributed by atoms with Crippen molar-refractivity contribution in [3.8, 4) is 0 Å². The van der Waals surface area contributed by atoms with Crippen LogP contribution >= 0.6 is 0 Å². The molecule has 0 aromatic heterocycles. The lowest BCUT2D eigenvalue weighted by molar-refractivity contribution is -0.132. The molecule has 0 saturated heterocycles. The lowest BCUT2D eigenvalue weighted by Gasteiger charge is -2.26. The number of alkyl carbamates (subject to hydrolysis) is 1. The summed E-state index contributed by atoms with van der Waals surface area (Å²) in [5.74, 6) is -0.175. The van der Waals surface area contributed by atoms with Gasteiger partial charge < -0.3 is 25.4 Å². The minimum absolute atomic E-state index is 0.175. The van der Waals surface area contributed by atoms with Crippen molar-refractivity contribution in [1.29, 1.82) is 0 Å². The molecule has 0 aliphatic rings. The molecule has 0 aromatic rings. The Bertz CT molecular complexity index is 488. The van der Waals surface area contributed by atoms with Crippen LogP contribution in [0.5, 0.6) is 0 Å². The van der Waals surface area contributed by atoms with Crippen LogP contribution in [0, 0.1) is 0 Å². The molecule has 0 saturated carbocycles. The number of hydrogen-bond acceptors (Lipinski definition) is 4. The summed E-state index contributed by atoms with van der Waals surface area (Å²) in [6.07, 6.45) is 4.43. The summed E-state index contributed by atoms with van der Waals surface area (Å²) >= 11 is 0. The highest BCUT2D eigenvalue weighted by Crippen LogP contribution is 2.10. The fourth-order valence-corrected chi connectivity index (χ4v) is 2.39. The van der Waals surface area contributed by atoms with Crippen molar-refractivity contribution >= 4 is 18.1 Å². The van der Waals surface area contributed by atoms with Gasteiger partial charge in [-0.3, -0.25) is 4.79 Å². The quantitative estimate of drug-likeness (QED) is 0.353. The number of likely N-dealkylation sites (N-methyl/N-ethyl adjacent to an activating group) is 1. The third-order valence-electron chi connectivity index (χ3n) is 3.71. The van der Waals surface area contributed by atoms with Gasteiger partial charge in [-0.1, -0.05) is 6.08 Å². The van der Waals surface area contributed by atoms with Crippen LogP contribution in [0.3, 0.4) is 0 Å². The topological polar surface area (TPSA) is 108 Å². The summed E-state index contributed by atoms with van der Waals surface area (Å²) in [5.41, 5.74) is -0.653. The van der Waals surface area contributed by atoms with Gasteiger partial charge in [0.25, 0.3) is 0 Å². The third kappa shape index (κ3) is 13.6. The molecule has 0 aliphatic carbocycles. The Kier molecular flexibility index (Phi) is 11.9. The molecule has 27 heavy (non-hydrogen) atoms. The second-order valence-corrected chi connectivity index (χ2v) is 7.47. The summed E-state index contributed by atoms with van der Waals surface area (Å²) < 4.78 is 5.25. The van der Waals surface area contributed by atoms with E-state index < -0.39 is 23.8 Å². The molecule has 0 aliphatic heterocycles. The first-order valence-corrected chi connectivity index (χ1v) is 9.39. The number of allylic oxidation sites excluding steroid dienone is 1. The van der Waals surface area contributed by atoms with E-state index in [1.807, 2.05) is 6.08 Å². The first-order valence-electron chi connectivity index (χ1n) is 9.39. The summed E-state index contributed by atoms with van der Waals surface area (Å²) in [5, 5.41) is 13.5. The van der Waals surface area contributed by atoms with Crippen molar-refractivity contribution in [2.45, 2.75) is 70.9 Å². The third-order valence-corrected chi connectivity index (χ3v) is 3.71. The van der Waals surface area contributed by atoms with E-state index in [0.717, 1.165) is 19.3 Å². The zero-order valence-corrected chi connectivity index (χ0v) is 17.0. The Morgan fingerprint density at radius 2 is 1.85 bits per heavy atom. The first kappa shape index (κ1) is 24.8. The number of nitrogens with zero attached hydrogens (tertiary/aromatic N) is 1. The highest BCUT2D eigenvalue weighted by atomic mass is 16.6. The number of rotatable bonds is 12. The van der Waals surface area contributed by atoms with E-state index in [1.165, 1.54) is 0 Å². The van der Waals surface area contributed by atoms with Crippen molar-refractivity contribution in [3.63, 3.8) is 0 Å². The Balaban J connectivity index is 4.68. The predicted molar refractivity (Wildman–Crippen MR) is 105 cm³/mol. The Labute approximate surface area is 162 Å². The van der Waals surface area contributed by atoms with Crippen LogP contribution in [0.1, 0.15) is 59.3 Å². The van der Waals surface area contributed by atoms with Crippen molar-refractivity contribution in [1.82, 2.24) is 15.5 Å². The van der Waals surface area contributed by atoms with Gasteiger partial charge in [0.1, 0.15) is 11.6 Å². The van der Waals surface area contributed by atoms with Gasteiger partial charge in [-0.25, -0.2) is 9.59 Å². The van der Waals surface area contributed by atoms with Gasteiger partial charge in [-0.05, 0) is 59.3 Å². The van der Waals surface area contributed by atoms with E-state index in [4.69, 9.17) is 9.84 Å². The number of amides is 3. The molecule has 0 unspecified atom stereocenters. The van der Waals surface area contributed by atoms with E-state index in [-0.39, 0.29) is 5.91 Å². The molecule has 0 aromatic carbocycles. The molecule has 0 radical (unpaired) electrons. The second kappa shape index (κ2) is 13.0. The van der Waals surface area contributed by atoms with E-state index in [0.29, 0.717) is 32.4 Å². The maximum Gasteiger partial charge on any atom is 0.408 e. The molecular weight excluding hydrogens is 350 g/mol. The maximum absolute atomic E-state index is 12.7. The molecule has 8 nitrogen and oxygen atoms in total. The van der Waals surface area contributed by atoms with E-state index >= 15 is 0 Å². The van der Waals surface area contributed by atoms with Gasteiger partial charge in [0, 0.05) is 20.1 Å². The predicted octanol–water partition coefficient (Wildman–Crippen LogP) is 3.13. The first-order chi connectivity index (χ1) is 12.6. The number of unbranched alkanes of at least 4 members (excludes halogenated alkanes) is 3. The van der Waals surface area contributed by atoms with Gasteiger partial charge in [0.05, 0.1) is 0 Å². The van der Waals surface area contributed by atoms with Crippen molar-refractivity contribution in [2.75, 3.05) is 20.1 Å². The van der Waals surface area contributed by atoms with E-state index in [2.05, 4.69) is 17.2 Å². The average molecular weight is 386 g/mol. The molecule has 1 atom stereocenters. The lowest BCUT2D eigenvalue weighted by atomic mass is 10.1. The van der Waals surface area contributed by atoms with Crippen LogP contribution < -0.4 is 10.6 Å². The Morgan fingerprint density at radius 3 is 2.41 bits per heavy atom. The summed E-state index contributed by atoms with van der Waals surface area (Å²) in [4.78, 5) is 36.9. The van der Waals surface area contributed by atoms with Gasteiger partial charge in [-0.2, -0.15) is 0 Å². The van der Waals surface area contributed by atoms with Crippen LogP contribution in [0.25, 0.3) is 0 Å². The summed E-state index contributed by atoms with van der Waals surface area (Å²) in [6.45, 7) is 9.85. The molecule has 156 valence electrons. The van der Waals surface area contributed by atoms with Gasteiger partial charge in [0.15, 0.2) is 0 Å². The number of hydrogen-bond donors (Lipinski definition) is 3. The standard InChI is InChI=1S/C19H35N3O5/c1-6-7-8-11-14-22(5)16(23)15(12-9-10-13-20-17(24)25)21-18(26)27-19(2,3)4/h6,15,20H,1,7-14H2,2-5H3,(H,21,26)(H,24,25)/t15-/m0/s1. The number of carbonyl (C=O) groups is 3. The molecule has 0 spiro atoms. The van der Waals surface area contributed by atoms with Crippen LogP contribution in [0.2, 0.25) is 0 Å². The second-order valence-electron chi connectivity index (χ2n) is 7.47. The zero-order valence-electron chi connectivity index (χ0n) is 17.0. The number of ether oxygens (including phenoxy) is 1. The zero-order chi connectivity index (χ0) is 20.9. The monoisotopic (exact) mass is 385 g/mol. The lowest BCUT2D eigenvalue weighted by Crippen LogP contribution is -2.48. The molecule has 0 heterocycles. The van der Waals surface area contributed by atoms with Gasteiger partial charge in [-0.15, -0.1) is 6.58 Å². The van der Waals surface area contributed by atoms with Crippen molar-refractivity contribution in [2.24, 2.45) is 0 Å². The van der Waals surface area contributed by atoms with E-state index in [1.54, 1.807) is 32.7 Å². The molecule has 3 N–H and O–H groups in total. The number of nitrogens with one attached hydrogen (secondary N) is 2. The maximum atomic E-state index is 12.7. The van der Waals surface area contributed by atoms with Crippen LogP contribution in [0.15, 0.2) is 12.7 Å².